The van der Waals surface area contributed by atoms with Gasteiger partial charge in [-0.3, -0.25) is 0 Å². The molecule has 0 bridgehead atoms. The van der Waals surface area contributed by atoms with E-state index in [1.807, 2.05) is 0 Å². The fourth-order valence-electron chi connectivity index (χ4n) is 1.49. The van der Waals surface area contributed by atoms with Gasteiger partial charge in [-0.05, 0) is 43.8 Å². The maximum absolute atomic E-state index is 2.35. The Kier molecular flexibility index (Phi) is 3.86. The molecule has 0 nitrogen and oxygen atoms in total. The average molecular weight is 162 g/mol. The van der Waals surface area contributed by atoms with Gasteiger partial charge in [-0.25, -0.2) is 0 Å². The summed E-state index contributed by atoms with van der Waals surface area (Å²) in [4.78, 5) is 0. The lowest BCUT2D eigenvalue weighted by molar-refractivity contribution is 0.874. The second-order valence-electron chi connectivity index (χ2n) is 3.29. The van der Waals surface area contributed by atoms with E-state index in [1.54, 1.807) is 0 Å². The van der Waals surface area contributed by atoms with Gasteiger partial charge in [-0.15, -0.1) is 0 Å². The first-order valence-electron chi connectivity index (χ1n) is 4.88. The minimum absolute atomic E-state index is 1.14. The van der Waals surface area contributed by atoms with Gasteiger partial charge in [0, 0.05) is 0 Å². The van der Waals surface area contributed by atoms with Crippen LogP contribution in [-0.4, -0.2) is 0 Å². The fourth-order valence-corrected chi connectivity index (χ4v) is 1.49. The standard InChI is InChI=1S/C12H18/c1-3-8-11(2)12-9-6-4-5-7-10-12/h6,8-10H,3-5,7H2,1-2H3/b11-8-. The number of rotatable bonds is 2. The van der Waals surface area contributed by atoms with Crippen molar-refractivity contribution in [3.05, 3.63) is 35.5 Å². The lowest BCUT2D eigenvalue weighted by Gasteiger charge is -2.00. The maximum atomic E-state index is 2.35. The van der Waals surface area contributed by atoms with Gasteiger partial charge in [0.2, 0.25) is 0 Å². The predicted molar refractivity (Wildman–Crippen MR) is 55.1 cm³/mol. The van der Waals surface area contributed by atoms with Crippen molar-refractivity contribution in [2.75, 3.05) is 0 Å². The Bertz CT molecular complexity index is 216. The van der Waals surface area contributed by atoms with Crippen LogP contribution >= 0.6 is 0 Å². The van der Waals surface area contributed by atoms with Crippen molar-refractivity contribution < 1.29 is 0 Å². The third-order valence-electron chi connectivity index (χ3n) is 2.20. The Morgan fingerprint density at radius 2 is 2.33 bits per heavy atom. The van der Waals surface area contributed by atoms with Crippen LogP contribution in [0.2, 0.25) is 0 Å². The second kappa shape index (κ2) is 4.97. The Morgan fingerprint density at radius 3 is 3.08 bits per heavy atom. The summed E-state index contributed by atoms with van der Waals surface area (Å²) in [5.74, 6) is 0. The summed E-state index contributed by atoms with van der Waals surface area (Å²) in [5, 5.41) is 0. The topological polar surface area (TPSA) is 0 Å². The van der Waals surface area contributed by atoms with Crippen LogP contribution in [0.4, 0.5) is 0 Å². The second-order valence-corrected chi connectivity index (χ2v) is 3.29. The fraction of sp³-hybridized carbons (Fsp3) is 0.500. The van der Waals surface area contributed by atoms with E-state index in [0.717, 1.165) is 6.42 Å². The number of allylic oxidation sites excluding steroid dienone is 6. The lowest BCUT2D eigenvalue weighted by Crippen LogP contribution is -1.80. The van der Waals surface area contributed by atoms with E-state index in [9.17, 15) is 0 Å². The zero-order chi connectivity index (χ0) is 8.81. The van der Waals surface area contributed by atoms with Crippen molar-refractivity contribution in [3.8, 4) is 0 Å². The molecule has 0 N–H and O–H groups in total. The van der Waals surface area contributed by atoms with Gasteiger partial charge in [-0.2, -0.15) is 0 Å². The van der Waals surface area contributed by atoms with Gasteiger partial charge < -0.3 is 0 Å². The average Bonchev–Trinajstić information content (AvgIpc) is 2.32. The van der Waals surface area contributed by atoms with Crippen LogP contribution in [0.5, 0.6) is 0 Å². The monoisotopic (exact) mass is 162 g/mol. The first-order chi connectivity index (χ1) is 5.84. The van der Waals surface area contributed by atoms with Crippen LogP contribution in [0.15, 0.2) is 35.5 Å². The molecule has 0 radical (unpaired) electrons. The quantitative estimate of drug-likeness (QED) is 0.575. The number of hydrogen-bond acceptors (Lipinski definition) is 0. The van der Waals surface area contributed by atoms with Crippen LogP contribution in [0, 0.1) is 0 Å². The van der Waals surface area contributed by atoms with E-state index in [4.69, 9.17) is 0 Å². The molecule has 0 saturated carbocycles. The molecule has 0 unspecified atom stereocenters. The Morgan fingerprint density at radius 1 is 1.50 bits per heavy atom. The van der Waals surface area contributed by atoms with E-state index in [0.29, 0.717) is 0 Å². The molecule has 0 aliphatic heterocycles. The van der Waals surface area contributed by atoms with E-state index >= 15 is 0 Å². The minimum atomic E-state index is 1.14. The summed E-state index contributed by atoms with van der Waals surface area (Å²) in [6.07, 6.45) is 14.1. The molecule has 0 atom stereocenters. The van der Waals surface area contributed by atoms with Crippen molar-refractivity contribution >= 4 is 0 Å². The Balaban J connectivity index is 2.71. The van der Waals surface area contributed by atoms with Gasteiger partial charge in [0.1, 0.15) is 0 Å². The summed E-state index contributed by atoms with van der Waals surface area (Å²) in [6, 6.07) is 0. The van der Waals surface area contributed by atoms with Crippen LogP contribution < -0.4 is 0 Å². The molecule has 1 aliphatic carbocycles. The van der Waals surface area contributed by atoms with Crippen molar-refractivity contribution in [3.63, 3.8) is 0 Å². The molecule has 0 spiro atoms. The molecule has 1 rings (SSSR count). The van der Waals surface area contributed by atoms with Crippen LogP contribution in [0.1, 0.15) is 39.5 Å². The normalized spacial score (nSPS) is 18.8. The summed E-state index contributed by atoms with van der Waals surface area (Å²) >= 11 is 0. The summed E-state index contributed by atoms with van der Waals surface area (Å²) in [5.41, 5.74) is 2.85. The predicted octanol–water partition coefficient (Wildman–Crippen LogP) is 4.01. The molecule has 0 heteroatoms. The van der Waals surface area contributed by atoms with E-state index in [2.05, 4.69) is 38.2 Å². The van der Waals surface area contributed by atoms with Gasteiger partial charge in [0.15, 0.2) is 0 Å². The first-order valence-corrected chi connectivity index (χ1v) is 4.88. The molecule has 0 aromatic rings. The highest BCUT2D eigenvalue weighted by Gasteiger charge is 1.97. The number of hydrogen-bond donors (Lipinski definition) is 0. The van der Waals surface area contributed by atoms with Gasteiger partial charge in [-0.1, -0.05) is 31.2 Å². The van der Waals surface area contributed by atoms with Crippen molar-refractivity contribution in [1.82, 2.24) is 0 Å². The molecule has 66 valence electrons. The van der Waals surface area contributed by atoms with Crippen LogP contribution in [-0.2, 0) is 0 Å². The zero-order valence-corrected chi connectivity index (χ0v) is 8.14. The largest absolute Gasteiger partial charge is 0.0839 e. The molecule has 0 heterocycles. The highest BCUT2D eigenvalue weighted by Crippen LogP contribution is 2.17. The molecule has 0 amide bonds. The van der Waals surface area contributed by atoms with Crippen LogP contribution in [0.25, 0.3) is 0 Å². The van der Waals surface area contributed by atoms with E-state index in [1.165, 1.54) is 30.4 Å². The Labute approximate surface area is 75.7 Å². The summed E-state index contributed by atoms with van der Waals surface area (Å²) in [6.45, 7) is 4.38. The zero-order valence-electron chi connectivity index (χ0n) is 8.14. The smallest absolute Gasteiger partial charge is 0.0274 e. The lowest BCUT2D eigenvalue weighted by atomic mass is 10.1. The van der Waals surface area contributed by atoms with Gasteiger partial charge >= 0.3 is 0 Å². The summed E-state index contributed by atoms with van der Waals surface area (Å²) in [7, 11) is 0. The Hall–Kier alpha value is -0.780. The minimum Gasteiger partial charge on any atom is -0.0839 e. The van der Waals surface area contributed by atoms with Crippen LogP contribution in [0.3, 0.4) is 0 Å². The van der Waals surface area contributed by atoms with Crippen molar-refractivity contribution in [2.45, 2.75) is 39.5 Å². The maximum Gasteiger partial charge on any atom is -0.0274 e. The molecular formula is C12H18. The molecule has 0 aromatic carbocycles. The highest BCUT2D eigenvalue weighted by atomic mass is 14.0. The van der Waals surface area contributed by atoms with E-state index in [-0.39, 0.29) is 0 Å². The van der Waals surface area contributed by atoms with Gasteiger partial charge in [0.05, 0.1) is 0 Å². The molecule has 1 aliphatic rings. The van der Waals surface area contributed by atoms with Gasteiger partial charge in [0.25, 0.3) is 0 Å². The molecule has 0 aromatic heterocycles. The third kappa shape index (κ3) is 2.69. The van der Waals surface area contributed by atoms with Crippen molar-refractivity contribution in [1.29, 1.82) is 0 Å². The van der Waals surface area contributed by atoms with E-state index < -0.39 is 0 Å². The van der Waals surface area contributed by atoms with Crippen molar-refractivity contribution in [2.24, 2.45) is 0 Å². The first kappa shape index (κ1) is 9.31. The molecular weight excluding hydrogens is 144 g/mol. The molecule has 0 fully saturated rings. The third-order valence-corrected chi connectivity index (χ3v) is 2.20. The highest BCUT2D eigenvalue weighted by molar-refractivity contribution is 5.38. The molecule has 12 heavy (non-hydrogen) atoms. The summed E-state index contributed by atoms with van der Waals surface area (Å²) < 4.78 is 0. The molecule has 0 saturated heterocycles. The SMILES string of the molecule is CC/C=C(/C)C1=CCCCC=C1.